The molecule has 1 unspecified atom stereocenters. The van der Waals surface area contributed by atoms with Crippen LogP contribution >= 0.6 is 11.8 Å². The summed E-state index contributed by atoms with van der Waals surface area (Å²) in [6.07, 6.45) is 6.63. The van der Waals surface area contributed by atoms with Crippen molar-refractivity contribution in [2.24, 2.45) is 7.05 Å². The van der Waals surface area contributed by atoms with Crippen molar-refractivity contribution in [2.75, 3.05) is 11.1 Å². The number of thioether (sulfide) groups is 1. The van der Waals surface area contributed by atoms with Crippen LogP contribution in [0.4, 0.5) is 5.69 Å². The molecule has 0 saturated heterocycles. The highest BCUT2D eigenvalue weighted by Crippen LogP contribution is 2.29. The van der Waals surface area contributed by atoms with Crippen LogP contribution in [0.25, 0.3) is 0 Å². The summed E-state index contributed by atoms with van der Waals surface area (Å²) in [5.41, 5.74) is 3.78. The van der Waals surface area contributed by atoms with Gasteiger partial charge in [-0.2, -0.15) is 0 Å². The van der Waals surface area contributed by atoms with Crippen molar-refractivity contribution in [1.82, 2.24) is 14.9 Å². The quantitative estimate of drug-likeness (QED) is 0.592. The minimum atomic E-state index is -0.112. The Hall–Kier alpha value is -3.06. The molecule has 1 aromatic heterocycles. The van der Waals surface area contributed by atoms with Crippen LogP contribution < -0.4 is 10.6 Å². The molecule has 0 bridgehead atoms. The van der Waals surface area contributed by atoms with Gasteiger partial charge >= 0.3 is 0 Å². The largest absolute Gasteiger partial charge is 0.345 e. The van der Waals surface area contributed by atoms with Gasteiger partial charge in [-0.15, -0.1) is 0 Å². The van der Waals surface area contributed by atoms with Crippen LogP contribution in [0, 0.1) is 0 Å². The third kappa shape index (κ3) is 4.74. The van der Waals surface area contributed by atoms with E-state index in [2.05, 4.69) is 27.8 Å². The molecule has 0 saturated carbocycles. The normalized spacial score (nSPS) is 15.3. The van der Waals surface area contributed by atoms with Crippen molar-refractivity contribution >= 4 is 29.3 Å². The number of nitrogens with zero attached hydrogens (tertiary/aromatic N) is 2. The summed E-state index contributed by atoms with van der Waals surface area (Å²) < 4.78 is 1.87. The van der Waals surface area contributed by atoms with Crippen molar-refractivity contribution in [2.45, 2.75) is 30.5 Å². The summed E-state index contributed by atoms with van der Waals surface area (Å²) in [7, 11) is 1.89. The van der Waals surface area contributed by atoms with Gasteiger partial charge in [-0.3, -0.25) is 9.59 Å². The van der Waals surface area contributed by atoms with Crippen molar-refractivity contribution < 1.29 is 9.59 Å². The Kier molecular flexibility index (Phi) is 6.18. The molecule has 1 heterocycles. The first-order chi connectivity index (χ1) is 14.6. The lowest BCUT2D eigenvalue weighted by atomic mass is 9.87. The van der Waals surface area contributed by atoms with E-state index >= 15 is 0 Å². The maximum absolute atomic E-state index is 12.7. The van der Waals surface area contributed by atoms with E-state index in [-0.39, 0.29) is 23.6 Å². The molecule has 1 atom stereocenters. The number of carbonyl (C=O) groups excluding carboxylic acids is 2. The fourth-order valence-electron chi connectivity index (χ4n) is 3.67. The van der Waals surface area contributed by atoms with Crippen LogP contribution in [0.15, 0.2) is 66.1 Å². The van der Waals surface area contributed by atoms with Crippen LogP contribution in [0.2, 0.25) is 0 Å². The molecule has 154 valence electrons. The molecule has 1 aliphatic carbocycles. The Morgan fingerprint density at radius 3 is 2.73 bits per heavy atom. The molecule has 0 aliphatic heterocycles. The number of imidazole rings is 1. The van der Waals surface area contributed by atoms with Gasteiger partial charge in [0.1, 0.15) is 0 Å². The third-order valence-corrected chi connectivity index (χ3v) is 6.27. The number of hydrogen-bond acceptors (Lipinski definition) is 4. The SMILES string of the molecule is Cn1ccnc1SCC(=O)Nc1ccc(C(=O)NC2CCCc3ccccc32)cc1. The number of fused-ring (bicyclic) bond motifs is 1. The van der Waals surface area contributed by atoms with Gasteiger partial charge in [0.25, 0.3) is 5.91 Å². The van der Waals surface area contributed by atoms with E-state index < -0.39 is 0 Å². The maximum Gasteiger partial charge on any atom is 0.251 e. The van der Waals surface area contributed by atoms with Crippen LogP contribution in [-0.4, -0.2) is 27.1 Å². The smallest absolute Gasteiger partial charge is 0.251 e. The molecule has 0 fully saturated rings. The Morgan fingerprint density at radius 2 is 1.97 bits per heavy atom. The van der Waals surface area contributed by atoms with E-state index in [9.17, 15) is 9.59 Å². The van der Waals surface area contributed by atoms with Crippen LogP contribution in [-0.2, 0) is 18.3 Å². The van der Waals surface area contributed by atoms with Crippen LogP contribution in [0.5, 0.6) is 0 Å². The number of aromatic nitrogens is 2. The lowest BCUT2D eigenvalue weighted by molar-refractivity contribution is -0.113. The van der Waals surface area contributed by atoms with Gasteiger partial charge in [0.05, 0.1) is 11.8 Å². The summed E-state index contributed by atoms with van der Waals surface area (Å²) in [5.74, 6) is 0.0627. The topological polar surface area (TPSA) is 76.0 Å². The highest BCUT2D eigenvalue weighted by molar-refractivity contribution is 7.99. The molecule has 0 radical (unpaired) electrons. The Morgan fingerprint density at radius 1 is 1.17 bits per heavy atom. The second kappa shape index (κ2) is 9.17. The standard InChI is InChI=1S/C23H24N4O2S/c1-27-14-13-24-23(27)30-15-21(28)25-18-11-9-17(10-12-18)22(29)26-20-8-4-6-16-5-2-3-7-19(16)20/h2-3,5,7,9-14,20H,4,6,8,15H2,1H3,(H,25,28)(H,26,29). The number of nitrogens with one attached hydrogen (secondary N) is 2. The minimum Gasteiger partial charge on any atom is -0.345 e. The lowest BCUT2D eigenvalue weighted by Gasteiger charge is -2.26. The first-order valence-electron chi connectivity index (χ1n) is 9.99. The Labute approximate surface area is 180 Å². The van der Waals surface area contributed by atoms with Gasteiger partial charge in [-0.1, -0.05) is 36.0 Å². The van der Waals surface area contributed by atoms with Gasteiger partial charge in [0, 0.05) is 30.7 Å². The monoisotopic (exact) mass is 420 g/mol. The number of anilines is 1. The predicted molar refractivity (Wildman–Crippen MR) is 119 cm³/mol. The maximum atomic E-state index is 12.7. The average Bonchev–Trinajstić information content (AvgIpc) is 3.18. The van der Waals surface area contributed by atoms with Crippen molar-refractivity contribution in [3.05, 3.63) is 77.6 Å². The third-order valence-electron chi connectivity index (χ3n) is 5.21. The van der Waals surface area contributed by atoms with E-state index in [0.717, 1.165) is 24.4 Å². The summed E-state index contributed by atoms with van der Waals surface area (Å²) in [6.45, 7) is 0. The molecule has 0 spiro atoms. The first-order valence-corrected chi connectivity index (χ1v) is 11.0. The number of benzene rings is 2. The van der Waals surface area contributed by atoms with Gasteiger partial charge in [-0.25, -0.2) is 4.98 Å². The summed E-state index contributed by atoms with van der Waals surface area (Å²) in [4.78, 5) is 29.1. The van der Waals surface area contributed by atoms with Crippen molar-refractivity contribution in [3.8, 4) is 0 Å². The molecular weight excluding hydrogens is 396 g/mol. The fourth-order valence-corrected chi connectivity index (χ4v) is 4.40. The molecule has 30 heavy (non-hydrogen) atoms. The van der Waals surface area contributed by atoms with Crippen molar-refractivity contribution in [1.29, 1.82) is 0 Å². The van der Waals surface area contributed by atoms with Gasteiger partial charge in [-0.05, 0) is 54.7 Å². The average molecular weight is 421 g/mol. The first kappa shape index (κ1) is 20.2. The lowest BCUT2D eigenvalue weighted by Crippen LogP contribution is -2.30. The number of amides is 2. The summed E-state index contributed by atoms with van der Waals surface area (Å²) >= 11 is 1.38. The summed E-state index contributed by atoms with van der Waals surface area (Å²) in [5, 5.41) is 6.80. The van der Waals surface area contributed by atoms with Crippen LogP contribution in [0.3, 0.4) is 0 Å². The molecular formula is C23H24N4O2S. The fraction of sp³-hybridized carbons (Fsp3) is 0.261. The molecule has 7 heteroatoms. The predicted octanol–water partition coefficient (Wildman–Crippen LogP) is 3.96. The number of carbonyl (C=O) groups is 2. The highest BCUT2D eigenvalue weighted by atomic mass is 32.2. The molecule has 2 amide bonds. The molecule has 2 aromatic carbocycles. The second-order valence-electron chi connectivity index (χ2n) is 7.35. The minimum absolute atomic E-state index is 0.0463. The zero-order chi connectivity index (χ0) is 20.9. The Balaban J connectivity index is 1.32. The second-order valence-corrected chi connectivity index (χ2v) is 8.29. The Bertz CT molecular complexity index is 1050. The van der Waals surface area contributed by atoms with Gasteiger partial charge < -0.3 is 15.2 Å². The summed E-state index contributed by atoms with van der Waals surface area (Å²) in [6, 6.07) is 15.3. The number of hydrogen-bond donors (Lipinski definition) is 2. The van der Waals surface area contributed by atoms with Crippen molar-refractivity contribution in [3.63, 3.8) is 0 Å². The van der Waals surface area contributed by atoms with Gasteiger partial charge in [0.15, 0.2) is 5.16 Å². The number of aryl methyl sites for hydroxylation is 2. The van der Waals surface area contributed by atoms with E-state index in [1.165, 1.54) is 22.9 Å². The van der Waals surface area contributed by atoms with E-state index in [0.29, 0.717) is 11.3 Å². The van der Waals surface area contributed by atoms with E-state index in [1.807, 2.05) is 29.9 Å². The van der Waals surface area contributed by atoms with Gasteiger partial charge in [0.2, 0.25) is 5.91 Å². The van der Waals surface area contributed by atoms with E-state index in [4.69, 9.17) is 0 Å². The molecule has 1 aliphatic rings. The number of rotatable bonds is 6. The molecule has 2 N–H and O–H groups in total. The zero-order valence-electron chi connectivity index (χ0n) is 16.8. The van der Waals surface area contributed by atoms with E-state index in [1.54, 1.807) is 30.5 Å². The molecule has 3 aromatic rings. The molecule has 6 nitrogen and oxygen atoms in total. The highest BCUT2D eigenvalue weighted by Gasteiger charge is 2.21. The molecule has 4 rings (SSSR count). The zero-order valence-corrected chi connectivity index (χ0v) is 17.6. The van der Waals surface area contributed by atoms with Crippen LogP contribution in [0.1, 0.15) is 40.4 Å².